The molecule has 0 bridgehead atoms. The van der Waals surface area contributed by atoms with Gasteiger partial charge in [0.05, 0.1) is 0 Å². The average Bonchev–Trinajstić information content (AvgIpc) is 1.72. The summed E-state index contributed by atoms with van der Waals surface area (Å²) in [7, 11) is 0. The Bertz CT molecular complexity index is 19.2. The topological polar surface area (TPSA) is 17.1 Å². The molecule has 0 N–H and O–H groups in total. The Hall–Kier alpha value is 1.41. The SMILES string of the molecule is Br.C=O.C[CH2][Ca][CH3]. The summed E-state index contributed by atoms with van der Waals surface area (Å²) in [4.78, 5) is 8.00. The summed E-state index contributed by atoms with van der Waals surface area (Å²) in [6.45, 7) is 4.26. The Morgan fingerprint density at radius 1 is 1.57 bits per heavy atom. The molecule has 0 aromatic heterocycles. The molecule has 0 aliphatic rings. The van der Waals surface area contributed by atoms with E-state index in [1.54, 1.807) is 0 Å². The fourth-order valence-electron chi connectivity index (χ4n) is 0. The first-order valence-electron chi connectivity index (χ1n) is 2.20. The third-order valence-electron chi connectivity index (χ3n) is 0.500. The second-order valence-electron chi connectivity index (χ2n) is 1.000. The molecule has 7 heavy (non-hydrogen) atoms. The van der Waals surface area contributed by atoms with Crippen LogP contribution in [0.1, 0.15) is 6.92 Å². The number of rotatable bonds is 1. The van der Waals surface area contributed by atoms with Gasteiger partial charge in [-0.1, -0.05) is 0 Å². The predicted molar refractivity (Wildman–Crippen MR) is 39.5 cm³/mol. The normalized spacial score (nSPS) is 3.71. The number of halogens is 1. The van der Waals surface area contributed by atoms with E-state index in [0.29, 0.717) is 0 Å². The van der Waals surface area contributed by atoms with Crippen molar-refractivity contribution in [1.29, 1.82) is 0 Å². The zero-order valence-corrected chi connectivity index (χ0v) is 8.86. The van der Waals surface area contributed by atoms with Gasteiger partial charge in [-0.25, -0.2) is 0 Å². The van der Waals surface area contributed by atoms with E-state index in [0.717, 1.165) is 0 Å². The quantitative estimate of drug-likeness (QED) is 0.580. The molecule has 0 spiro atoms. The zero-order valence-electron chi connectivity index (χ0n) is 4.94. The number of hydrogen-bond acceptors (Lipinski definition) is 1. The molecule has 0 rings (SSSR count). The summed E-state index contributed by atoms with van der Waals surface area (Å²) in [6.07, 6.45) is 0. The second kappa shape index (κ2) is 26.2. The molecule has 0 aromatic carbocycles. The number of carbonyl (C=O) groups excluding carboxylic acids is 1. The fourth-order valence-corrected chi connectivity index (χ4v) is 0. The van der Waals surface area contributed by atoms with Gasteiger partial charge in [0.1, 0.15) is 6.79 Å². The Morgan fingerprint density at radius 2 is 1.71 bits per heavy atom. The summed E-state index contributed by atoms with van der Waals surface area (Å²) in [5, 5.41) is 0. The van der Waals surface area contributed by atoms with Gasteiger partial charge in [0, 0.05) is 0 Å². The van der Waals surface area contributed by atoms with Crippen molar-refractivity contribution >= 4 is 57.6 Å². The van der Waals surface area contributed by atoms with Crippen LogP contribution >= 0.6 is 17.0 Å². The van der Waals surface area contributed by atoms with E-state index in [1.165, 1.54) is 2.52 Å². The molecule has 3 heteroatoms. The van der Waals surface area contributed by atoms with Crippen molar-refractivity contribution in [2.75, 3.05) is 0 Å². The van der Waals surface area contributed by atoms with E-state index >= 15 is 0 Å². The molecule has 0 aliphatic heterocycles. The third kappa shape index (κ3) is 37.3. The van der Waals surface area contributed by atoms with Gasteiger partial charge in [-0.05, 0) is 0 Å². The van der Waals surface area contributed by atoms with Crippen LogP contribution < -0.4 is 0 Å². The molecule has 42 valence electrons. The number of carbonyl (C=O) groups is 1. The van der Waals surface area contributed by atoms with E-state index in [1.807, 2.05) is 6.79 Å². The molecule has 0 saturated heterocycles. The van der Waals surface area contributed by atoms with Crippen molar-refractivity contribution in [3.8, 4) is 0 Å². The minimum absolute atomic E-state index is 0. The summed E-state index contributed by atoms with van der Waals surface area (Å²) in [5.74, 6) is 0. The van der Waals surface area contributed by atoms with Crippen molar-refractivity contribution in [1.82, 2.24) is 0 Å². The van der Waals surface area contributed by atoms with Crippen LogP contribution in [0, 0.1) is 0 Å². The van der Waals surface area contributed by atoms with Crippen LogP contribution in [0.4, 0.5) is 0 Å². The molecule has 0 amide bonds. The summed E-state index contributed by atoms with van der Waals surface area (Å²) in [5.41, 5.74) is 0. The Balaban J connectivity index is -0.0000000480. The van der Waals surface area contributed by atoms with Crippen molar-refractivity contribution < 1.29 is 4.79 Å². The third-order valence-corrected chi connectivity index (χ3v) is 2.06. The van der Waals surface area contributed by atoms with E-state index in [4.69, 9.17) is 4.79 Å². The summed E-state index contributed by atoms with van der Waals surface area (Å²) >= 11 is 0.111. The van der Waals surface area contributed by atoms with Gasteiger partial charge in [-0.3, -0.25) is 0 Å². The molecule has 0 atom stereocenters. The van der Waals surface area contributed by atoms with Crippen LogP contribution in [0.2, 0.25) is 5.54 Å². The molecule has 0 radical (unpaired) electrons. The first-order valence-corrected chi connectivity index (χ1v) is 5.97. The summed E-state index contributed by atoms with van der Waals surface area (Å²) < 4.78 is 3.88. The van der Waals surface area contributed by atoms with Crippen LogP contribution in [0.5, 0.6) is 0 Å². The van der Waals surface area contributed by atoms with Gasteiger partial charge < -0.3 is 4.79 Å². The molecular formula is C4H11BrCaO. The van der Waals surface area contributed by atoms with Crippen LogP contribution in [-0.2, 0) is 4.79 Å². The van der Waals surface area contributed by atoms with E-state index < -0.39 is 0 Å². The molecule has 0 aliphatic carbocycles. The van der Waals surface area contributed by atoms with Gasteiger partial charge in [0.15, 0.2) is 0 Å². The molecule has 0 aromatic rings. The zero-order chi connectivity index (χ0) is 5.41. The molecule has 0 saturated carbocycles. The van der Waals surface area contributed by atoms with E-state index in [-0.39, 0.29) is 50.8 Å². The van der Waals surface area contributed by atoms with Crippen molar-refractivity contribution in [3.63, 3.8) is 0 Å². The monoisotopic (exact) mass is 194 g/mol. The Kier molecular flexibility index (Phi) is 59.0. The molecule has 1 nitrogen and oxygen atoms in total. The van der Waals surface area contributed by atoms with Crippen LogP contribution in [-0.4, -0.2) is 40.6 Å². The van der Waals surface area contributed by atoms with Gasteiger partial charge in [-0.2, -0.15) is 0 Å². The first kappa shape index (κ1) is 15.8. The Labute approximate surface area is 73.9 Å². The van der Waals surface area contributed by atoms with Crippen LogP contribution in [0.25, 0.3) is 0 Å². The van der Waals surface area contributed by atoms with Crippen LogP contribution in [0.15, 0.2) is 0 Å². The summed E-state index contributed by atoms with van der Waals surface area (Å²) in [6, 6.07) is 0. The second-order valence-corrected chi connectivity index (χ2v) is 4.12. The van der Waals surface area contributed by atoms with E-state index in [2.05, 4.69) is 9.94 Å². The molecule has 0 heterocycles. The molecule has 0 fully saturated rings. The van der Waals surface area contributed by atoms with Crippen molar-refractivity contribution in [2.24, 2.45) is 0 Å². The Morgan fingerprint density at radius 3 is 1.71 bits per heavy atom. The first-order chi connectivity index (χ1) is 2.91. The van der Waals surface area contributed by atoms with E-state index in [9.17, 15) is 0 Å². The van der Waals surface area contributed by atoms with Gasteiger partial charge in [0.25, 0.3) is 0 Å². The molecule has 0 unspecified atom stereocenters. The van der Waals surface area contributed by atoms with Gasteiger partial charge >= 0.3 is 46.3 Å². The predicted octanol–water partition coefficient (Wildman–Crippen LogP) is 1.57. The maximum atomic E-state index is 8.00. The van der Waals surface area contributed by atoms with Gasteiger partial charge in [-0.15, -0.1) is 17.0 Å². The van der Waals surface area contributed by atoms with Crippen LogP contribution in [0.3, 0.4) is 0 Å². The minimum atomic E-state index is 0. The van der Waals surface area contributed by atoms with Crippen molar-refractivity contribution in [2.45, 2.75) is 12.5 Å². The molecular weight excluding hydrogens is 184 g/mol. The average molecular weight is 195 g/mol. The number of hydrogen-bond donors (Lipinski definition) is 0. The fraction of sp³-hybridized carbons (Fsp3) is 0.750. The van der Waals surface area contributed by atoms with Gasteiger partial charge in [0.2, 0.25) is 0 Å². The van der Waals surface area contributed by atoms with Crippen molar-refractivity contribution in [3.05, 3.63) is 0 Å². The standard InChI is InChI=1S/C2H5.CH2O.CH3.BrH.Ca/c2*1-2;;;/h1H2,2H3;1H2;1H3;1H;. The maximum absolute atomic E-state index is 8.00.